The Morgan fingerprint density at radius 1 is 1.16 bits per heavy atom. The van der Waals surface area contributed by atoms with Crippen LogP contribution in [0.5, 0.6) is 5.75 Å². The third-order valence-corrected chi connectivity index (χ3v) is 4.74. The lowest BCUT2D eigenvalue weighted by Gasteiger charge is -2.10. The molecule has 0 bridgehead atoms. The normalized spacial score (nSPS) is 11.0. The van der Waals surface area contributed by atoms with Gasteiger partial charge in [0, 0.05) is 12.7 Å². The third kappa shape index (κ3) is 4.93. The van der Waals surface area contributed by atoms with E-state index in [9.17, 15) is 17.6 Å². The van der Waals surface area contributed by atoms with Crippen molar-refractivity contribution in [3.8, 4) is 5.75 Å². The number of nitrogens with one attached hydrogen (secondary N) is 2. The molecule has 0 aromatic heterocycles. The maximum Gasteiger partial charge on any atom is 0.262 e. The van der Waals surface area contributed by atoms with Crippen LogP contribution < -0.4 is 14.8 Å². The molecule has 2 aromatic carbocycles. The number of hydrogen-bond acceptors (Lipinski definition) is 4. The van der Waals surface area contributed by atoms with E-state index in [1.165, 1.54) is 12.1 Å². The Kier molecular flexibility index (Phi) is 5.97. The Balaban J connectivity index is 2.15. The lowest BCUT2D eigenvalue weighted by atomic mass is 10.1. The van der Waals surface area contributed by atoms with Gasteiger partial charge in [0.25, 0.3) is 10.0 Å². The minimum absolute atomic E-state index is 0.00000342. The molecule has 0 heterocycles. The maximum atomic E-state index is 13.9. The highest BCUT2D eigenvalue weighted by Crippen LogP contribution is 2.23. The highest BCUT2D eigenvalue weighted by Gasteiger charge is 2.17. The predicted octanol–water partition coefficient (Wildman–Crippen LogP) is 2.31. The van der Waals surface area contributed by atoms with Crippen molar-refractivity contribution in [3.05, 3.63) is 53.8 Å². The number of amides is 1. The lowest BCUT2D eigenvalue weighted by Crippen LogP contribution is -2.19. The van der Waals surface area contributed by atoms with Gasteiger partial charge in [0.15, 0.2) is 11.6 Å². The van der Waals surface area contributed by atoms with Crippen LogP contribution in [0.3, 0.4) is 0 Å². The number of benzene rings is 2. The van der Waals surface area contributed by atoms with Crippen molar-refractivity contribution in [2.24, 2.45) is 0 Å². The van der Waals surface area contributed by atoms with Gasteiger partial charge in [-0.1, -0.05) is 12.1 Å². The van der Waals surface area contributed by atoms with Gasteiger partial charge in [0.05, 0.1) is 17.9 Å². The van der Waals surface area contributed by atoms with Crippen LogP contribution in [0, 0.1) is 5.82 Å². The van der Waals surface area contributed by atoms with Crippen molar-refractivity contribution in [2.45, 2.75) is 18.2 Å². The summed E-state index contributed by atoms with van der Waals surface area (Å²) in [6, 6.07) is 9.84. The fraction of sp³-hybridized carbons (Fsp3) is 0.235. The van der Waals surface area contributed by atoms with E-state index in [0.29, 0.717) is 5.69 Å². The lowest BCUT2D eigenvalue weighted by molar-refractivity contribution is -0.119. The van der Waals surface area contributed by atoms with E-state index in [1.54, 1.807) is 38.2 Å². The number of sulfonamides is 1. The van der Waals surface area contributed by atoms with E-state index in [4.69, 9.17) is 4.74 Å². The van der Waals surface area contributed by atoms with Gasteiger partial charge >= 0.3 is 0 Å². The third-order valence-electron chi connectivity index (χ3n) is 3.36. The average Bonchev–Trinajstić information content (AvgIpc) is 2.58. The second-order valence-electron chi connectivity index (χ2n) is 5.18. The molecule has 0 fully saturated rings. The molecular formula is C17H19FN2O4S. The molecule has 0 spiro atoms. The van der Waals surface area contributed by atoms with Crippen molar-refractivity contribution in [1.82, 2.24) is 5.32 Å². The number of ether oxygens (including phenoxy) is 1. The number of hydrogen-bond donors (Lipinski definition) is 2. The summed E-state index contributed by atoms with van der Waals surface area (Å²) in [7, 11) is -2.39. The number of carbonyl (C=O) groups is 1. The smallest absolute Gasteiger partial charge is 0.262 e. The summed E-state index contributed by atoms with van der Waals surface area (Å²) < 4.78 is 46.0. The van der Waals surface area contributed by atoms with Gasteiger partial charge < -0.3 is 10.1 Å². The van der Waals surface area contributed by atoms with Crippen molar-refractivity contribution >= 4 is 21.6 Å². The number of carbonyl (C=O) groups excluding carboxylic acids is 1. The molecule has 25 heavy (non-hydrogen) atoms. The van der Waals surface area contributed by atoms with Gasteiger partial charge in [-0.05, 0) is 42.8 Å². The first-order valence-electron chi connectivity index (χ1n) is 7.60. The first-order valence-corrected chi connectivity index (χ1v) is 9.08. The molecule has 2 rings (SSSR count). The molecule has 134 valence electrons. The molecular weight excluding hydrogens is 347 g/mol. The summed E-state index contributed by atoms with van der Waals surface area (Å²) in [6.45, 7) is 1.99. The summed E-state index contributed by atoms with van der Waals surface area (Å²) in [6.07, 6.45) is 0.202. The fourth-order valence-corrected chi connectivity index (χ4v) is 3.17. The molecule has 0 saturated heterocycles. The average molecular weight is 366 g/mol. The van der Waals surface area contributed by atoms with Crippen molar-refractivity contribution in [3.63, 3.8) is 0 Å². The standard InChI is InChI=1S/C17H19FN2O4S/c1-3-24-16-9-8-14(11-15(16)18)25(22,23)20-13-6-4-12(5-7-13)10-17(21)19-2/h4-9,11,20H,3,10H2,1-2H3,(H,19,21). The largest absolute Gasteiger partial charge is 0.491 e. The van der Waals surface area contributed by atoms with Crippen LogP contribution in [-0.4, -0.2) is 28.0 Å². The van der Waals surface area contributed by atoms with Crippen LogP contribution in [0.2, 0.25) is 0 Å². The second-order valence-corrected chi connectivity index (χ2v) is 6.86. The number of anilines is 1. The summed E-state index contributed by atoms with van der Waals surface area (Å²) in [4.78, 5) is 11.1. The molecule has 0 atom stereocenters. The number of halogens is 1. The summed E-state index contributed by atoms with van der Waals surface area (Å²) in [5, 5.41) is 2.51. The monoisotopic (exact) mass is 366 g/mol. The molecule has 0 aliphatic carbocycles. The van der Waals surface area contributed by atoms with E-state index >= 15 is 0 Å². The molecule has 0 saturated carbocycles. The SMILES string of the molecule is CCOc1ccc(S(=O)(=O)Nc2ccc(CC(=O)NC)cc2)cc1F. The number of likely N-dealkylation sites (N-methyl/N-ethyl adjacent to an activating group) is 1. The Morgan fingerprint density at radius 3 is 2.40 bits per heavy atom. The molecule has 0 unspecified atom stereocenters. The molecule has 0 aliphatic heterocycles. The van der Waals surface area contributed by atoms with E-state index < -0.39 is 15.8 Å². The van der Waals surface area contributed by atoms with Gasteiger partial charge in [-0.15, -0.1) is 0 Å². The first-order chi connectivity index (χ1) is 11.9. The van der Waals surface area contributed by atoms with E-state index in [0.717, 1.165) is 11.6 Å². The zero-order chi connectivity index (χ0) is 18.4. The summed E-state index contributed by atoms with van der Waals surface area (Å²) in [5.74, 6) is -0.885. The Hall–Kier alpha value is -2.61. The van der Waals surface area contributed by atoms with Gasteiger partial charge in [-0.25, -0.2) is 12.8 Å². The molecule has 2 aromatic rings. The molecule has 8 heteroatoms. The van der Waals surface area contributed by atoms with Gasteiger partial charge in [0.1, 0.15) is 0 Å². The topological polar surface area (TPSA) is 84.5 Å². The molecule has 6 nitrogen and oxygen atoms in total. The molecule has 2 N–H and O–H groups in total. The van der Waals surface area contributed by atoms with Gasteiger partial charge in [-0.3, -0.25) is 9.52 Å². The fourth-order valence-electron chi connectivity index (χ4n) is 2.10. The van der Waals surface area contributed by atoms with Gasteiger partial charge in [-0.2, -0.15) is 0 Å². The van der Waals surface area contributed by atoms with Crippen LogP contribution in [-0.2, 0) is 21.2 Å². The van der Waals surface area contributed by atoms with Crippen LogP contribution in [0.25, 0.3) is 0 Å². The van der Waals surface area contributed by atoms with Crippen LogP contribution >= 0.6 is 0 Å². The summed E-state index contributed by atoms with van der Waals surface area (Å²) in [5.41, 5.74) is 1.06. The predicted molar refractivity (Wildman–Crippen MR) is 92.6 cm³/mol. The second kappa shape index (κ2) is 7.98. The highest BCUT2D eigenvalue weighted by molar-refractivity contribution is 7.92. The zero-order valence-electron chi connectivity index (χ0n) is 13.9. The van der Waals surface area contributed by atoms with E-state index in [1.807, 2.05) is 0 Å². The van der Waals surface area contributed by atoms with Crippen molar-refractivity contribution in [2.75, 3.05) is 18.4 Å². The van der Waals surface area contributed by atoms with Crippen molar-refractivity contribution in [1.29, 1.82) is 0 Å². The minimum atomic E-state index is -3.93. The Morgan fingerprint density at radius 2 is 1.84 bits per heavy atom. The Labute approximate surface area is 146 Å². The number of rotatable bonds is 7. The maximum absolute atomic E-state index is 13.9. The van der Waals surface area contributed by atoms with E-state index in [-0.39, 0.29) is 29.6 Å². The molecule has 0 radical (unpaired) electrons. The minimum Gasteiger partial charge on any atom is -0.491 e. The van der Waals surface area contributed by atoms with Crippen molar-refractivity contribution < 1.29 is 22.3 Å². The summed E-state index contributed by atoms with van der Waals surface area (Å²) >= 11 is 0. The van der Waals surface area contributed by atoms with E-state index in [2.05, 4.69) is 10.0 Å². The Bertz CT molecular complexity index is 851. The van der Waals surface area contributed by atoms with Gasteiger partial charge in [0.2, 0.25) is 5.91 Å². The molecule has 0 aliphatic rings. The van der Waals surface area contributed by atoms with Crippen LogP contribution in [0.4, 0.5) is 10.1 Å². The van der Waals surface area contributed by atoms with Crippen LogP contribution in [0.15, 0.2) is 47.4 Å². The molecule has 1 amide bonds. The zero-order valence-corrected chi connectivity index (χ0v) is 14.7. The first kappa shape index (κ1) is 18.7. The van der Waals surface area contributed by atoms with Crippen LogP contribution in [0.1, 0.15) is 12.5 Å². The highest BCUT2D eigenvalue weighted by atomic mass is 32.2. The quantitative estimate of drug-likeness (QED) is 0.788.